The van der Waals surface area contributed by atoms with Gasteiger partial charge in [-0.15, -0.1) is 0 Å². The molecular formula is C17H21N7O2. The Balaban J connectivity index is 1.62. The third-order valence-corrected chi connectivity index (χ3v) is 5.12. The molecule has 2 aromatic rings. The van der Waals surface area contributed by atoms with Gasteiger partial charge in [0.05, 0.1) is 11.4 Å². The van der Waals surface area contributed by atoms with Gasteiger partial charge < -0.3 is 16.0 Å². The lowest BCUT2D eigenvalue weighted by Gasteiger charge is -2.29. The van der Waals surface area contributed by atoms with E-state index in [0.717, 1.165) is 61.3 Å². The van der Waals surface area contributed by atoms with E-state index >= 15 is 0 Å². The molecule has 2 aliphatic rings. The van der Waals surface area contributed by atoms with Crippen molar-refractivity contribution >= 4 is 18.3 Å². The van der Waals surface area contributed by atoms with E-state index in [1.807, 2.05) is 6.20 Å². The number of amides is 2. The van der Waals surface area contributed by atoms with Gasteiger partial charge in [-0.05, 0) is 31.2 Å². The second-order valence-electron chi connectivity index (χ2n) is 6.79. The minimum absolute atomic E-state index is 0.236. The molecule has 9 nitrogen and oxygen atoms in total. The normalized spacial score (nSPS) is 16.7. The maximum atomic E-state index is 11.7. The van der Waals surface area contributed by atoms with E-state index in [1.165, 1.54) is 0 Å². The lowest BCUT2D eigenvalue weighted by molar-refractivity contribution is -0.118. The zero-order valence-corrected chi connectivity index (χ0v) is 14.6. The van der Waals surface area contributed by atoms with Gasteiger partial charge in [0, 0.05) is 37.9 Å². The number of anilines is 1. The fraction of sp³-hybridized carbons (Fsp3) is 0.471. The third kappa shape index (κ3) is 2.79. The van der Waals surface area contributed by atoms with E-state index < -0.39 is 5.91 Å². The molecule has 2 aromatic heterocycles. The number of carbonyl (C=O) groups excluding carboxylic acids is 2. The summed E-state index contributed by atoms with van der Waals surface area (Å²) in [6.07, 6.45) is 5.92. The van der Waals surface area contributed by atoms with Crippen LogP contribution in [0.25, 0.3) is 11.4 Å². The van der Waals surface area contributed by atoms with E-state index in [-0.39, 0.29) is 6.04 Å². The van der Waals surface area contributed by atoms with Crippen LogP contribution in [0.4, 0.5) is 5.95 Å². The average Bonchev–Trinajstić information content (AvgIpc) is 3.00. The molecule has 26 heavy (non-hydrogen) atoms. The SMILES string of the molecule is Cn1nc(C(N)=O)c2c1-c1nc(NC3CCN(C=O)CC3)ncc1CC2. The Morgan fingerprint density at radius 2 is 2.12 bits per heavy atom. The largest absolute Gasteiger partial charge is 0.364 e. The predicted molar refractivity (Wildman–Crippen MR) is 94.4 cm³/mol. The first-order valence-corrected chi connectivity index (χ1v) is 8.74. The molecule has 0 aromatic carbocycles. The number of nitrogens with zero attached hydrogens (tertiary/aromatic N) is 5. The van der Waals surface area contributed by atoms with Crippen molar-refractivity contribution in [2.75, 3.05) is 18.4 Å². The van der Waals surface area contributed by atoms with Gasteiger partial charge >= 0.3 is 0 Å². The van der Waals surface area contributed by atoms with E-state index in [4.69, 9.17) is 10.7 Å². The van der Waals surface area contributed by atoms with Gasteiger partial charge in [0.15, 0.2) is 5.69 Å². The molecule has 1 saturated heterocycles. The molecule has 1 aliphatic heterocycles. The smallest absolute Gasteiger partial charge is 0.269 e. The van der Waals surface area contributed by atoms with Crippen molar-refractivity contribution in [3.05, 3.63) is 23.0 Å². The standard InChI is InChI=1S/C17H21N7O2/c1-23-15-12(14(22-23)16(18)26)3-2-10-8-19-17(21-13(10)15)20-11-4-6-24(9-25)7-5-11/h8-9,11H,2-7H2,1H3,(H2,18,26)(H,19,20,21). The maximum absolute atomic E-state index is 11.7. The molecule has 0 saturated carbocycles. The van der Waals surface area contributed by atoms with Crippen LogP contribution in [0.15, 0.2) is 6.20 Å². The average molecular weight is 355 g/mol. The summed E-state index contributed by atoms with van der Waals surface area (Å²) in [5.41, 5.74) is 9.31. The molecular weight excluding hydrogens is 334 g/mol. The lowest BCUT2D eigenvalue weighted by atomic mass is 9.93. The van der Waals surface area contributed by atoms with Crippen molar-refractivity contribution in [1.82, 2.24) is 24.6 Å². The van der Waals surface area contributed by atoms with Crippen molar-refractivity contribution in [3.63, 3.8) is 0 Å². The molecule has 9 heteroatoms. The second kappa shape index (κ2) is 6.40. The summed E-state index contributed by atoms with van der Waals surface area (Å²) in [5, 5.41) is 7.65. The van der Waals surface area contributed by atoms with Crippen molar-refractivity contribution in [2.24, 2.45) is 12.8 Å². The maximum Gasteiger partial charge on any atom is 0.269 e. The number of nitrogens with two attached hydrogens (primary N) is 1. The highest BCUT2D eigenvalue weighted by Crippen LogP contribution is 2.33. The third-order valence-electron chi connectivity index (χ3n) is 5.12. The first-order valence-electron chi connectivity index (χ1n) is 8.74. The molecule has 3 heterocycles. The molecule has 0 atom stereocenters. The summed E-state index contributed by atoms with van der Waals surface area (Å²) >= 11 is 0. The molecule has 3 N–H and O–H groups in total. The first-order chi connectivity index (χ1) is 12.6. The van der Waals surface area contributed by atoms with Crippen LogP contribution >= 0.6 is 0 Å². The number of nitrogens with one attached hydrogen (secondary N) is 1. The monoisotopic (exact) mass is 355 g/mol. The van der Waals surface area contributed by atoms with Crippen LogP contribution in [-0.4, -0.2) is 56.1 Å². The van der Waals surface area contributed by atoms with Gasteiger partial charge in [0.2, 0.25) is 12.4 Å². The minimum atomic E-state index is -0.514. The summed E-state index contributed by atoms with van der Waals surface area (Å²) in [5.74, 6) is 0.0441. The number of aryl methyl sites for hydroxylation is 2. The number of primary amides is 1. The number of piperidine rings is 1. The van der Waals surface area contributed by atoms with E-state index in [2.05, 4.69) is 15.4 Å². The highest BCUT2D eigenvalue weighted by molar-refractivity contribution is 5.94. The topological polar surface area (TPSA) is 119 Å². The van der Waals surface area contributed by atoms with E-state index in [0.29, 0.717) is 18.1 Å². The highest BCUT2D eigenvalue weighted by Gasteiger charge is 2.28. The number of carbonyl (C=O) groups is 2. The Hall–Kier alpha value is -2.97. The molecule has 0 spiro atoms. The van der Waals surface area contributed by atoms with Gasteiger partial charge in [0.1, 0.15) is 0 Å². The van der Waals surface area contributed by atoms with Crippen molar-refractivity contribution < 1.29 is 9.59 Å². The fourth-order valence-electron chi connectivity index (χ4n) is 3.75. The Labute approximate surface area is 150 Å². The van der Waals surface area contributed by atoms with Crippen LogP contribution < -0.4 is 11.1 Å². The van der Waals surface area contributed by atoms with Crippen molar-refractivity contribution in [3.8, 4) is 11.4 Å². The first kappa shape index (κ1) is 16.5. The van der Waals surface area contributed by atoms with Crippen molar-refractivity contribution in [2.45, 2.75) is 31.7 Å². The molecule has 136 valence electrons. The van der Waals surface area contributed by atoms with Crippen molar-refractivity contribution in [1.29, 1.82) is 0 Å². The Kier molecular flexibility index (Phi) is 4.06. The van der Waals surface area contributed by atoms with Gasteiger partial charge in [-0.3, -0.25) is 14.3 Å². The fourth-order valence-corrected chi connectivity index (χ4v) is 3.75. The molecule has 0 unspecified atom stereocenters. The summed E-state index contributed by atoms with van der Waals surface area (Å²) in [7, 11) is 1.80. The van der Waals surface area contributed by atoms with Crippen LogP contribution in [-0.2, 0) is 24.7 Å². The number of rotatable bonds is 4. The number of likely N-dealkylation sites (tertiary alicyclic amines) is 1. The minimum Gasteiger partial charge on any atom is -0.364 e. The Morgan fingerprint density at radius 3 is 2.81 bits per heavy atom. The van der Waals surface area contributed by atoms with Gasteiger partial charge in [-0.1, -0.05) is 0 Å². The van der Waals surface area contributed by atoms with Crippen LogP contribution in [0.1, 0.15) is 34.5 Å². The van der Waals surface area contributed by atoms with E-state index in [1.54, 1.807) is 16.6 Å². The number of aromatic nitrogens is 4. The lowest BCUT2D eigenvalue weighted by Crippen LogP contribution is -2.38. The summed E-state index contributed by atoms with van der Waals surface area (Å²) in [4.78, 5) is 33.4. The molecule has 4 rings (SSSR count). The van der Waals surface area contributed by atoms with Gasteiger partial charge in [0.25, 0.3) is 5.91 Å². The van der Waals surface area contributed by atoms with Crippen LogP contribution in [0.2, 0.25) is 0 Å². The highest BCUT2D eigenvalue weighted by atomic mass is 16.1. The molecule has 1 fully saturated rings. The van der Waals surface area contributed by atoms with Crippen LogP contribution in [0.3, 0.4) is 0 Å². The zero-order valence-electron chi connectivity index (χ0n) is 14.6. The van der Waals surface area contributed by atoms with Gasteiger partial charge in [-0.2, -0.15) is 5.10 Å². The Bertz CT molecular complexity index is 868. The molecule has 1 aliphatic carbocycles. The molecule has 2 amide bonds. The summed E-state index contributed by atoms with van der Waals surface area (Å²) in [6, 6.07) is 0.236. The number of hydrogen-bond acceptors (Lipinski definition) is 6. The summed E-state index contributed by atoms with van der Waals surface area (Å²) < 4.78 is 1.67. The van der Waals surface area contributed by atoms with Crippen LogP contribution in [0.5, 0.6) is 0 Å². The Morgan fingerprint density at radius 1 is 1.35 bits per heavy atom. The molecule has 0 bridgehead atoms. The summed E-state index contributed by atoms with van der Waals surface area (Å²) in [6.45, 7) is 1.47. The van der Waals surface area contributed by atoms with E-state index in [9.17, 15) is 9.59 Å². The quantitative estimate of drug-likeness (QED) is 0.751. The predicted octanol–water partition coefficient (Wildman–Crippen LogP) is 0.107. The van der Waals surface area contributed by atoms with Crippen LogP contribution in [0, 0.1) is 0 Å². The zero-order chi connectivity index (χ0) is 18.3. The number of fused-ring (bicyclic) bond motifs is 3. The molecule has 0 radical (unpaired) electrons. The second-order valence-corrected chi connectivity index (χ2v) is 6.79. The number of hydrogen-bond donors (Lipinski definition) is 2. The van der Waals surface area contributed by atoms with Gasteiger partial charge in [-0.25, -0.2) is 9.97 Å².